The number of rotatable bonds is 5. The molecule has 4 aromatic rings. The SMILES string of the molecule is CN(C)c1ccc(/C=C2\N=C(c3ccccc3)N(c3nc4ccc(C(=O)O)cc4s3)C2=O)cc1. The first-order valence-electron chi connectivity index (χ1n) is 10.5. The van der Waals surface area contributed by atoms with Crippen molar-refractivity contribution in [3.05, 3.63) is 95.2 Å². The van der Waals surface area contributed by atoms with Crippen molar-refractivity contribution < 1.29 is 14.7 Å². The number of thiazole rings is 1. The summed E-state index contributed by atoms with van der Waals surface area (Å²) in [6.07, 6.45) is 1.76. The lowest BCUT2D eigenvalue weighted by Crippen LogP contribution is -2.32. The van der Waals surface area contributed by atoms with Crippen molar-refractivity contribution in [3.63, 3.8) is 0 Å². The van der Waals surface area contributed by atoms with Crippen LogP contribution in [0.2, 0.25) is 0 Å². The van der Waals surface area contributed by atoms with Crippen molar-refractivity contribution in [1.82, 2.24) is 4.98 Å². The number of carboxylic acid groups (broad SMARTS) is 1. The molecule has 0 spiro atoms. The van der Waals surface area contributed by atoms with Crippen LogP contribution in [0.5, 0.6) is 0 Å². The van der Waals surface area contributed by atoms with Crippen LogP contribution in [0, 0.1) is 0 Å². The monoisotopic (exact) mass is 468 g/mol. The quantitative estimate of drug-likeness (QED) is 0.421. The van der Waals surface area contributed by atoms with Crippen molar-refractivity contribution in [2.75, 3.05) is 23.9 Å². The molecule has 1 N–H and O–H groups in total. The van der Waals surface area contributed by atoms with Crippen molar-refractivity contribution in [3.8, 4) is 0 Å². The summed E-state index contributed by atoms with van der Waals surface area (Å²) in [6.45, 7) is 0. The lowest BCUT2D eigenvalue weighted by Gasteiger charge is -2.14. The van der Waals surface area contributed by atoms with Gasteiger partial charge in [-0.05, 0) is 42.0 Å². The normalized spacial score (nSPS) is 14.6. The molecule has 0 saturated carbocycles. The molecule has 1 aliphatic heterocycles. The molecule has 0 atom stereocenters. The molecule has 0 fully saturated rings. The van der Waals surface area contributed by atoms with Crippen LogP contribution in [0.25, 0.3) is 16.3 Å². The van der Waals surface area contributed by atoms with Crippen LogP contribution in [-0.2, 0) is 4.79 Å². The highest BCUT2D eigenvalue weighted by molar-refractivity contribution is 7.22. The predicted molar refractivity (Wildman–Crippen MR) is 136 cm³/mol. The van der Waals surface area contributed by atoms with E-state index in [0.717, 1.165) is 16.8 Å². The van der Waals surface area contributed by atoms with Gasteiger partial charge in [0.15, 0.2) is 5.13 Å². The molecule has 2 heterocycles. The van der Waals surface area contributed by atoms with Gasteiger partial charge in [0.05, 0.1) is 15.8 Å². The molecule has 1 aromatic heterocycles. The molecule has 0 bridgehead atoms. The summed E-state index contributed by atoms with van der Waals surface area (Å²) < 4.78 is 0.687. The van der Waals surface area contributed by atoms with E-state index in [0.29, 0.717) is 26.9 Å². The molecule has 0 unspecified atom stereocenters. The van der Waals surface area contributed by atoms with E-state index < -0.39 is 5.97 Å². The Hall–Kier alpha value is -4.30. The number of amidine groups is 1. The number of nitrogens with zero attached hydrogens (tertiary/aromatic N) is 4. The Morgan fingerprint density at radius 1 is 1.03 bits per heavy atom. The molecular weight excluding hydrogens is 448 g/mol. The summed E-state index contributed by atoms with van der Waals surface area (Å²) in [5.74, 6) is -0.807. The average Bonchev–Trinajstić information content (AvgIpc) is 3.40. The van der Waals surface area contributed by atoms with Gasteiger partial charge >= 0.3 is 5.97 Å². The first kappa shape index (κ1) is 21.5. The summed E-state index contributed by atoms with van der Waals surface area (Å²) in [7, 11) is 3.94. The van der Waals surface area contributed by atoms with Crippen LogP contribution in [0.15, 0.2) is 83.5 Å². The minimum absolute atomic E-state index is 0.175. The van der Waals surface area contributed by atoms with Crippen LogP contribution in [0.4, 0.5) is 10.8 Å². The maximum absolute atomic E-state index is 13.5. The molecule has 34 heavy (non-hydrogen) atoms. The number of carboxylic acids is 1. The smallest absolute Gasteiger partial charge is 0.335 e. The lowest BCUT2D eigenvalue weighted by molar-refractivity contribution is -0.113. The Kier molecular flexibility index (Phi) is 5.43. The number of aliphatic imine (C=N–C) groups is 1. The van der Waals surface area contributed by atoms with E-state index in [4.69, 9.17) is 0 Å². The number of aromatic nitrogens is 1. The molecule has 5 rings (SSSR count). The van der Waals surface area contributed by atoms with Crippen LogP contribution < -0.4 is 9.80 Å². The number of hydrogen-bond acceptors (Lipinski definition) is 6. The van der Waals surface area contributed by atoms with Gasteiger partial charge in [-0.3, -0.25) is 4.79 Å². The Balaban J connectivity index is 1.59. The minimum Gasteiger partial charge on any atom is -0.478 e. The van der Waals surface area contributed by atoms with Gasteiger partial charge in [0.1, 0.15) is 11.5 Å². The van der Waals surface area contributed by atoms with E-state index in [2.05, 4.69) is 9.98 Å². The maximum Gasteiger partial charge on any atom is 0.335 e. The number of carbonyl (C=O) groups is 2. The maximum atomic E-state index is 13.5. The summed E-state index contributed by atoms with van der Waals surface area (Å²) in [6, 6.07) is 22.1. The van der Waals surface area contributed by atoms with Crippen LogP contribution in [0.3, 0.4) is 0 Å². The Morgan fingerprint density at radius 2 is 1.76 bits per heavy atom. The molecule has 0 saturated heterocycles. The predicted octanol–water partition coefficient (Wildman–Crippen LogP) is 4.90. The van der Waals surface area contributed by atoms with Crippen molar-refractivity contribution >= 4 is 56.2 Å². The zero-order valence-electron chi connectivity index (χ0n) is 18.5. The summed E-state index contributed by atoms with van der Waals surface area (Å²) in [5.41, 5.74) is 3.82. The van der Waals surface area contributed by atoms with Gasteiger partial charge in [0, 0.05) is 25.3 Å². The highest BCUT2D eigenvalue weighted by Crippen LogP contribution is 2.34. The van der Waals surface area contributed by atoms with Gasteiger partial charge in [0.2, 0.25) is 0 Å². The number of amides is 1. The third-order valence-electron chi connectivity index (χ3n) is 5.42. The second-order valence-electron chi connectivity index (χ2n) is 7.94. The van der Waals surface area contributed by atoms with E-state index >= 15 is 0 Å². The Labute approximate surface area is 199 Å². The molecule has 3 aromatic carbocycles. The molecule has 1 amide bonds. The van der Waals surface area contributed by atoms with E-state index in [1.54, 1.807) is 18.2 Å². The Morgan fingerprint density at radius 3 is 2.44 bits per heavy atom. The van der Waals surface area contributed by atoms with Gasteiger partial charge in [0.25, 0.3) is 5.91 Å². The largest absolute Gasteiger partial charge is 0.478 e. The van der Waals surface area contributed by atoms with E-state index in [1.807, 2.05) is 73.6 Å². The zero-order valence-corrected chi connectivity index (χ0v) is 19.3. The molecule has 7 nitrogen and oxygen atoms in total. The number of carbonyl (C=O) groups excluding carboxylic acids is 1. The second-order valence-corrected chi connectivity index (χ2v) is 8.95. The zero-order chi connectivity index (χ0) is 23.8. The Bertz CT molecular complexity index is 1470. The fraction of sp³-hybridized carbons (Fsp3) is 0.0769. The third-order valence-corrected chi connectivity index (χ3v) is 6.42. The molecule has 168 valence electrons. The number of benzene rings is 3. The number of fused-ring (bicyclic) bond motifs is 1. The summed E-state index contributed by atoms with van der Waals surface area (Å²) in [5, 5.41) is 9.75. The molecule has 1 aliphatic rings. The standard InChI is InChI=1S/C26H20N4O3S/c1-29(2)19-11-8-16(9-12-19)14-21-24(31)30(23(27-21)17-6-4-3-5-7-17)26-28-20-13-10-18(25(32)33)15-22(20)34-26/h3-15H,1-2H3,(H,32,33)/b21-14-. The van der Waals surface area contributed by atoms with Gasteiger partial charge in [-0.1, -0.05) is 53.8 Å². The van der Waals surface area contributed by atoms with Gasteiger partial charge < -0.3 is 10.0 Å². The average molecular weight is 469 g/mol. The lowest BCUT2D eigenvalue weighted by atomic mass is 10.1. The molecule has 0 aliphatic carbocycles. The highest BCUT2D eigenvalue weighted by Gasteiger charge is 2.34. The second kappa shape index (κ2) is 8.57. The topological polar surface area (TPSA) is 86.1 Å². The van der Waals surface area contributed by atoms with E-state index in [-0.39, 0.29) is 11.5 Å². The number of aromatic carboxylic acids is 1. The number of hydrogen-bond donors (Lipinski definition) is 1. The van der Waals surface area contributed by atoms with Crippen molar-refractivity contribution in [2.24, 2.45) is 4.99 Å². The van der Waals surface area contributed by atoms with Crippen LogP contribution in [0.1, 0.15) is 21.5 Å². The summed E-state index contributed by atoms with van der Waals surface area (Å²) >= 11 is 1.26. The van der Waals surface area contributed by atoms with Crippen LogP contribution >= 0.6 is 11.3 Å². The fourth-order valence-corrected chi connectivity index (χ4v) is 4.65. The van der Waals surface area contributed by atoms with Gasteiger partial charge in [-0.25, -0.2) is 19.7 Å². The van der Waals surface area contributed by atoms with Gasteiger partial charge in [-0.15, -0.1) is 0 Å². The van der Waals surface area contributed by atoms with Crippen molar-refractivity contribution in [2.45, 2.75) is 0 Å². The van der Waals surface area contributed by atoms with Gasteiger partial charge in [-0.2, -0.15) is 0 Å². The fourth-order valence-electron chi connectivity index (χ4n) is 3.64. The minimum atomic E-state index is -1.01. The highest BCUT2D eigenvalue weighted by atomic mass is 32.1. The van der Waals surface area contributed by atoms with E-state index in [1.165, 1.54) is 22.3 Å². The number of anilines is 2. The third kappa shape index (κ3) is 3.95. The summed E-state index contributed by atoms with van der Waals surface area (Å²) in [4.78, 5) is 37.7. The first-order valence-corrected chi connectivity index (χ1v) is 11.3. The first-order chi connectivity index (χ1) is 16.4. The molecule has 8 heteroatoms. The molecule has 0 radical (unpaired) electrons. The molecular formula is C26H20N4O3S. The van der Waals surface area contributed by atoms with Crippen molar-refractivity contribution in [1.29, 1.82) is 0 Å². The van der Waals surface area contributed by atoms with E-state index in [9.17, 15) is 14.7 Å². The van der Waals surface area contributed by atoms with Crippen LogP contribution in [-0.4, -0.2) is 41.9 Å².